The molecule has 0 aliphatic carbocycles. The molecule has 1 nitrogen and oxygen atoms in total. The summed E-state index contributed by atoms with van der Waals surface area (Å²) in [6.07, 6.45) is 0. The van der Waals surface area contributed by atoms with Gasteiger partial charge >= 0.3 is 0 Å². The highest BCUT2D eigenvalue weighted by molar-refractivity contribution is 7.26. The zero-order valence-corrected chi connectivity index (χ0v) is 31.4. The van der Waals surface area contributed by atoms with E-state index in [1.54, 1.807) is 0 Å². The van der Waals surface area contributed by atoms with Gasteiger partial charge < -0.3 is 4.90 Å². The normalized spacial score (nSPS) is 11.6. The molecule has 0 N–H and O–H groups in total. The summed E-state index contributed by atoms with van der Waals surface area (Å²) in [5.41, 5.74) is 10.7. The summed E-state index contributed by atoms with van der Waals surface area (Å²) in [4.78, 5) is 2.53. The molecule has 0 saturated heterocycles. The van der Waals surface area contributed by atoms with Gasteiger partial charge in [-0.3, -0.25) is 0 Å². The number of fused-ring (bicyclic) bond motifs is 7. The van der Waals surface area contributed by atoms with Crippen molar-refractivity contribution < 1.29 is 0 Å². The first-order valence-corrected chi connectivity index (χ1v) is 20.3. The number of nitrogens with zero attached hydrogens (tertiary/aromatic N) is 1. The largest absolute Gasteiger partial charge is 0.309 e. The Morgan fingerprint density at radius 2 is 0.782 bits per heavy atom. The van der Waals surface area contributed by atoms with Gasteiger partial charge in [0.05, 0.1) is 17.1 Å². The lowest BCUT2D eigenvalue weighted by Gasteiger charge is -2.31. The van der Waals surface area contributed by atoms with Crippen LogP contribution in [0.1, 0.15) is 0 Å². The van der Waals surface area contributed by atoms with E-state index in [2.05, 4.69) is 205 Å². The lowest BCUT2D eigenvalue weighted by atomic mass is 9.90. The summed E-state index contributed by atoms with van der Waals surface area (Å²) in [6.45, 7) is 0. The first kappa shape index (κ1) is 32.0. The van der Waals surface area contributed by atoms with Crippen molar-refractivity contribution in [3.8, 4) is 33.4 Å². The van der Waals surface area contributed by atoms with Gasteiger partial charge in [0, 0.05) is 51.5 Å². The van der Waals surface area contributed by atoms with E-state index in [-0.39, 0.29) is 0 Å². The maximum atomic E-state index is 2.53. The minimum atomic E-state index is 1.13. The van der Waals surface area contributed by atoms with Crippen LogP contribution in [0, 0.1) is 0 Å². The van der Waals surface area contributed by atoms with Crippen molar-refractivity contribution in [3.05, 3.63) is 200 Å². The number of benzene rings is 9. The fourth-order valence-electron chi connectivity index (χ4n) is 8.45. The van der Waals surface area contributed by atoms with Gasteiger partial charge in [-0.2, -0.15) is 0 Å². The first-order valence-electron chi connectivity index (χ1n) is 18.7. The monoisotopic (exact) mass is 735 g/mol. The molecule has 2 heterocycles. The molecule has 9 aromatic carbocycles. The summed E-state index contributed by atoms with van der Waals surface area (Å²) in [6, 6.07) is 73.5. The Hall–Kier alpha value is -6.52. The highest BCUT2D eigenvalue weighted by Gasteiger charge is 2.24. The molecule has 3 heteroatoms. The second-order valence-corrected chi connectivity index (χ2v) is 16.2. The molecule has 0 radical (unpaired) electrons. The topological polar surface area (TPSA) is 3.24 Å². The van der Waals surface area contributed by atoms with Crippen LogP contribution in [-0.4, -0.2) is 0 Å². The smallest absolute Gasteiger partial charge is 0.0555 e. The van der Waals surface area contributed by atoms with Crippen LogP contribution < -0.4 is 4.90 Å². The van der Waals surface area contributed by atoms with Gasteiger partial charge in [-0.25, -0.2) is 0 Å². The zero-order chi connectivity index (χ0) is 36.3. The van der Waals surface area contributed by atoms with Gasteiger partial charge in [0.25, 0.3) is 0 Å². The standard InChI is InChI=1S/C52H33NS2/c1-2-17-36-34(15-1)16-13-24-38(36)39-19-3-4-20-40(39)41-21-6-10-26-46(41)53(47-27-14-30-50-52(47)44-23-8-12-29-49(44)54-50)45-25-9-5-18-37(45)35-31-32-43-42-22-7-11-28-48(42)55-51(43)33-35/h1-33H. The summed E-state index contributed by atoms with van der Waals surface area (Å²) in [5.74, 6) is 0. The van der Waals surface area contributed by atoms with E-state index in [9.17, 15) is 0 Å². The Morgan fingerprint density at radius 3 is 1.60 bits per heavy atom. The molecule has 55 heavy (non-hydrogen) atoms. The number of rotatable bonds is 6. The van der Waals surface area contributed by atoms with E-state index < -0.39 is 0 Å². The molecule has 0 saturated carbocycles. The molecule has 0 fully saturated rings. The maximum Gasteiger partial charge on any atom is 0.0555 e. The van der Waals surface area contributed by atoms with Gasteiger partial charge in [0.1, 0.15) is 0 Å². The number of anilines is 3. The minimum Gasteiger partial charge on any atom is -0.309 e. The molecular weight excluding hydrogens is 703 g/mol. The average molecular weight is 736 g/mol. The zero-order valence-electron chi connectivity index (χ0n) is 29.8. The van der Waals surface area contributed by atoms with E-state index >= 15 is 0 Å². The summed E-state index contributed by atoms with van der Waals surface area (Å²) in [5, 5.41) is 7.67. The first-order chi connectivity index (χ1) is 27.3. The quantitative estimate of drug-likeness (QED) is 0.164. The third-order valence-electron chi connectivity index (χ3n) is 10.9. The predicted octanol–water partition coefficient (Wildman–Crippen LogP) is 16.0. The van der Waals surface area contributed by atoms with E-state index in [0.717, 1.165) is 11.4 Å². The van der Waals surface area contributed by atoms with Crippen molar-refractivity contribution in [1.29, 1.82) is 0 Å². The molecular formula is C52H33NS2. The van der Waals surface area contributed by atoms with Gasteiger partial charge in [-0.05, 0) is 75.5 Å². The Kier molecular flexibility index (Phi) is 7.61. The fourth-order valence-corrected chi connectivity index (χ4v) is 10.7. The molecule has 258 valence electrons. The molecule has 0 bridgehead atoms. The number of para-hydroxylation sites is 2. The van der Waals surface area contributed by atoms with Crippen LogP contribution in [0.2, 0.25) is 0 Å². The molecule has 2 aromatic heterocycles. The van der Waals surface area contributed by atoms with Crippen molar-refractivity contribution in [2.45, 2.75) is 0 Å². The summed E-state index contributed by atoms with van der Waals surface area (Å²) in [7, 11) is 0. The highest BCUT2D eigenvalue weighted by atomic mass is 32.1. The van der Waals surface area contributed by atoms with Crippen LogP contribution in [-0.2, 0) is 0 Å². The summed E-state index contributed by atoms with van der Waals surface area (Å²) < 4.78 is 5.19. The lowest BCUT2D eigenvalue weighted by Crippen LogP contribution is -2.13. The Morgan fingerprint density at radius 1 is 0.291 bits per heavy atom. The Labute approximate surface area is 327 Å². The second-order valence-electron chi connectivity index (χ2n) is 14.0. The van der Waals surface area contributed by atoms with Crippen LogP contribution in [0.3, 0.4) is 0 Å². The van der Waals surface area contributed by atoms with Crippen molar-refractivity contribution in [2.24, 2.45) is 0 Å². The molecule has 0 spiro atoms. The van der Waals surface area contributed by atoms with Crippen LogP contribution in [0.15, 0.2) is 200 Å². The van der Waals surface area contributed by atoms with Crippen molar-refractivity contribution >= 4 is 90.9 Å². The number of thiophene rings is 2. The van der Waals surface area contributed by atoms with Crippen molar-refractivity contribution in [3.63, 3.8) is 0 Å². The van der Waals surface area contributed by atoms with Crippen molar-refractivity contribution in [1.82, 2.24) is 0 Å². The van der Waals surface area contributed by atoms with Crippen molar-refractivity contribution in [2.75, 3.05) is 4.90 Å². The van der Waals surface area contributed by atoms with E-state index in [0.29, 0.717) is 0 Å². The SMILES string of the molecule is c1ccc(-c2cccc3ccccc23)c(-c2ccccc2N(c2ccccc2-c2ccc3c(c2)sc2ccccc23)c2cccc3sc4ccccc4c23)c1. The van der Waals surface area contributed by atoms with Crippen LogP contribution in [0.25, 0.3) is 84.5 Å². The van der Waals surface area contributed by atoms with Crippen LogP contribution in [0.5, 0.6) is 0 Å². The van der Waals surface area contributed by atoms with Gasteiger partial charge in [0.2, 0.25) is 0 Å². The van der Waals surface area contributed by atoms with Gasteiger partial charge in [-0.1, -0.05) is 158 Å². The maximum absolute atomic E-state index is 2.53. The Bertz CT molecular complexity index is 3230. The van der Waals surface area contributed by atoms with E-state index in [4.69, 9.17) is 0 Å². The third kappa shape index (κ3) is 5.27. The summed E-state index contributed by atoms with van der Waals surface area (Å²) >= 11 is 3.73. The minimum absolute atomic E-state index is 1.13. The van der Waals surface area contributed by atoms with Gasteiger partial charge in [0.15, 0.2) is 0 Å². The van der Waals surface area contributed by atoms with E-state index in [1.807, 2.05) is 22.7 Å². The fraction of sp³-hybridized carbons (Fsp3) is 0. The number of hydrogen-bond acceptors (Lipinski definition) is 3. The molecule has 0 unspecified atom stereocenters. The molecule has 11 rings (SSSR count). The van der Waals surface area contributed by atoms with Crippen LogP contribution >= 0.6 is 22.7 Å². The van der Waals surface area contributed by atoms with Crippen LogP contribution in [0.4, 0.5) is 17.1 Å². The van der Waals surface area contributed by atoms with Gasteiger partial charge in [-0.15, -0.1) is 22.7 Å². The third-order valence-corrected chi connectivity index (χ3v) is 13.2. The average Bonchev–Trinajstić information content (AvgIpc) is 3.82. The molecule has 0 aliphatic heterocycles. The number of hydrogen-bond donors (Lipinski definition) is 0. The molecule has 0 atom stereocenters. The molecule has 11 aromatic rings. The van der Waals surface area contributed by atoms with E-state index in [1.165, 1.54) is 90.2 Å². The molecule has 0 amide bonds. The Balaban J connectivity index is 1.19. The molecule has 0 aliphatic rings. The highest BCUT2D eigenvalue weighted by Crippen LogP contribution is 2.51. The second kappa shape index (κ2) is 13.1. The predicted molar refractivity (Wildman–Crippen MR) is 241 cm³/mol. The lowest BCUT2D eigenvalue weighted by molar-refractivity contribution is 1.30.